The molecular weight excluding hydrogens is 257 g/mol. The van der Waals surface area contributed by atoms with Gasteiger partial charge < -0.3 is 9.64 Å². The summed E-state index contributed by atoms with van der Waals surface area (Å²) in [5, 5.41) is 0. The van der Waals surface area contributed by atoms with Crippen LogP contribution in [0.2, 0.25) is 0 Å². The number of halogens is 1. The molecule has 0 N–H and O–H groups in total. The Balaban J connectivity index is 1.87. The number of hydrogen-bond acceptors (Lipinski definition) is 2. The molecule has 1 aromatic carbocycles. The zero-order valence-electron chi connectivity index (χ0n) is 11.3. The van der Waals surface area contributed by atoms with Gasteiger partial charge in [-0.15, -0.1) is 0 Å². The van der Waals surface area contributed by atoms with Gasteiger partial charge in [0.15, 0.2) is 0 Å². The molecule has 106 valence electrons. The van der Waals surface area contributed by atoms with E-state index < -0.39 is 0 Å². The SMILES string of the molecule is C=COC(=O)N1CCC(C=Cc2ccccc2F)CC1. The van der Waals surface area contributed by atoms with Crippen LogP contribution in [-0.2, 0) is 4.74 Å². The standard InChI is InChI=1S/C16H18FNO2/c1-2-20-16(19)18-11-9-13(10-12-18)7-8-14-5-3-4-6-15(14)17/h2-8,13H,1,9-12H2. The van der Waals surface area contributed by atoms with E-state index >= 15 is 0 Å². The number of hydrogen-bond donors (Lipinski definition) is 0. The lowest BCUT2D eigenvalue weighted by atomic mass is 9.96. The lowest BCUT2D eigenvalue weighted by Crippen LogP contribution is -2.37. The molecule has 1 aromatic rings. The van der Waals surface area contributed by atoms with E-state index in [1.165, 1.54) is 6.07 Å². The van der Waals surface area contributed by atoms with Gasteiger partial charge in [0.2, 0.25) is 0 Å². The predicted octanol–water partition coefficient (Wildman–Crippen LogP) is 3.83. The highest BCUT2D eigenvalue weighted by atomic mass is 19.1. The van der Waals surface area contributed by atoms with Crippen molar-refractivity contribution in [1.29, 1.82) is 0 Å². The third-order valence-corrected chi connectivity index (χ3v) is 3.44. The van der Waals surface area contributed by atoms with E-state index in [1.54, 1.807) is 17.0 Å². The van der Waals surface area contributed by atoms with Crippen molar-refractivity contribution < 1.29 is 13.9 Å². The number of nitrogens with zero attached hydrogens (tertiary/aromatic N) is 1. The monoisotopic (exact) mass is 275 g/mol. The Kier molecular flexibility index (Phi) is 4.93. The molecule has 1 fully saturated rings. The minimum atomic E-state index is -0.350. The van der Waals surface area contributed by atoms with E-state index in [-0.39, 0.29) is 11.9 Å². The van der Waals surface area contributed by atoms with Gasteiger partial charge in [0.1, 0.15) is 5.82 Å². The van der Waals surface area contributed by atoms with Gasteiger partial charge in [0.05, 0.1) is 6.26 Å². The maximum absolute atomic E-state index is 13.5. The normalized spacial score (nSPS) is 16.4. The van der Waals surface area contributed by atoms with Crippen molar-refractivity contribution in [2.24, 2.45) is 5.92 Å². The molecule has 3 nitrogen and oxygen atoms in total. The topological polar surface area (TPSA) is 29.5 Å². The number of ether oxygens (including phenoxy) is 1. The lowest BCUT2D eigenvalue weighted by molar-refractivity contribution is 0.122. The van der Waals surface area contributed by atoms with E-state index in [4.69, 9.17) is 4.74 Å². The van der Waals surface area contributed by atoms with Crippen LogP contribution in [0, 0.1) is 11.7 Å². The van der Waals surface area contributed by atoms with Crippen molar-refractivity contribution in [1.82, 2.24) is 4.90 Å². The van der Waals surface area contributed by atoms with Crippen LogP contribution in [0.4, 0.5) is 9.18 Å². The fraction of sp³-hybridized carbons (Fsp3) is 0.312. The molecule has 0 unspecified atom stereocenters. The molecule has 0 radical (unpaired) electrons. The van der Waals surface area contributed by atoms with E-state index in [9.17, 15) is 9.18 Å². The number of amides is 1. The maximum Gasteiger partial charge on any atom is 0.414 e. The number of carbonyl (C=O) groups excluding carboxylic acids is 1. The molecule has 2 rings (SSSR count). The van der Waals surface area contributed by atoms with Gasteiger partial charge in [-0.1, -0.05) is 36.9 Å². The van der Waals surface area contributed by atoms with Crippen LogP contribution in [0.3, 0.4) is 0 Å². The average molecular weight is 275 g/mol. The Morgan fingerprint density at radius 3 is 2.70 bits per heavy atom. The first-order chi connectivity index (χ1) is 9.70. The van der Waals surface area contributed by atoms with Gasteiger partial charge >= 0.3 is 6.09 Å². The molecule has 20 heavy (non-hydrogen) atoms. The first kappa shape index (κ1) is 14.3. The molecule has 0 aromatic heterocycles. The minimum Gasteiger partial charge on any atom is -0.419 e. The molecule has 1 amide bonds. The van der Waals surface area contributed by atoms with Gasteiger partial charge in [-0.05, 0) is 24.8 Å². The number of allylic oxidation sites excluding steroid dienone is 1. The largest absolute Gasteiger partial charge is 0.419 e. The highest BCUT2D eigenvalue weighted by Crippen LogP contribution is 2.20. The van der Waals surface area contributed by atoms with Crippen molar-refractivity contribution in [2.75, 3.05) is 13.1 Å². The molecule has 1 aliphatic rings. The molecule has 1 heterocycles. The lowest BCUT2D eigenvalue weighted by Gasteiger charge is -2.29. The number of benzene rings is 1. The summed E-state index contributed by atoms with van der Waals surface area (Å²) in [6, 6.07) is 6.70. The maximum atomic E-state index is 13.5. The zero-order valence-corrected chi connectivity index (χ0v) is 11.3. The molecule has 0 bridgehead atoms. The fourth-order valence-electron chi connectivity index (χ4n) is 2.27. The van der Waals surface area contributed by atoms with Crippen molar-refractivity contribution in [3.8, 4) is 0 Å². The van der Waals surface area contributed by atoms with Crippen molar-refractivity contribution >= 4 is 12.2 Å². The van der Waals surface area contributed by atoms with Gasteiger partial charge in [-0.2, -0.15) is 0 Å². The smallest absolute Gasteiger partial charge is 0.414 e. The molecule has 1 aliphatic heterocycles. The summed E-state index contributed by atoms with van der Waals surface area (Å²) >= 11 is 0. The molecule has 0 spiro atoms. The predicted molar refractivity (Wildman–Crippen MR) is 76.4 cm³/mol. The van der Waals surface area contributed by atoms with Crippen LogP contribution in [0.15, 0.2) is 43.2 Å². The highest BCUT2D eigenvalue weighted by Gasteiger charge is 2.21. The van der Waals surface area contributed by atoms with Crippen molar-refractivity contribution in [3.63, 3.8) is 0 Å². The first-order valence-electron chi connectivity index (χ1n) is 6.70. The summed E-state index contributed by atoms with van der Waals surface area (Å²) in [6.07, 6.45) is 6.35. The Morgan fingerprint density at radius 1 is 1.35 bits per heavy atom. The second kappa shape index (κ2) is 6.89. The summed E-state index contributed by atoms with van der Waals surface area (Å²) in [6.45, 7) is 4.67. The fourth-order valence-corrected chi connectivity index (χ4v) is 2.27. The second-order valence-corrected chi connectivity index (χ2v) is 4.76. The van der Waals surface area contributed by atoms with Crippen LogP contribution >= 0.6 is 0 Å². The van der Waals surface area contributed by atoms with Crippen LogP contribution in [-0.4, -0.2) is 24.1 Å². The van der Waals surface area contributed by atoms with Gasteiger partial charge in [-0.3, -0.25) is 0 Å². The third kappa shape index (κ3) is 3.70. The molecule has 1 saturated heterocycles. The molecule has 0 atom stereocenters. The molecule has 0 aliphatic carbocycles. The van der Waals surface area contributed by atoms with Crippen LogP contribution < -0.4 is 0 Å². The Bertz CT molecular complexity index is 505. The number of likely N-dealkylation sites (tertiary alicyclic amines) is 1. The van der Waals surface area contributed by atoms with Crippen LogP contribution in [0.1, 0.15) is 18.4 Å². The van der Waals surface area contributed by atoms with E-state index in [1.807, 2.05) is 18.2 Å². The number of rotatable bonds is 3. The van der Waals surface area contributed by atoms with Crippen LogP contribution in [0.5, 0.6) is 0 Å². The van der Waals surface area contributed by atoms with E-state index in [2.05, 4.69) is 6.58 Å². The third-order valence-electron chi connectivity index (χ3n) is 3.44. The Hall–Kier alpha value is -2.10. The Labute approximate surface area is 118 Å². The second-order valence-electron chi connectivity index (χ2n) is 4.76. The summed E-state index contributed by atoms with van der Waals surface area (Å²) in [5.41, 5.74) is 0.598. The quantitative estimate of drug-likeness (QED) is 0.785. The summed E-state index contributed by atoms with van der Waals surface area (Å²) < 4.78 is 18.2. The summed E-state index contributed by atoms with van der Waals surface area (Å²) in [7, 11) is 0. The zero-order chi connectivity index (χ0) is 14.4. The first-order valence-corrected chi connectivity index (χ1v) is 6.70. The van der Waals surface area contributed by atoms with Gasteiger partial charge in [-0.25, -0.2) is 9.18 Å². The van der Waals surface area contributed by atoms with Gasteiger partial charge in [0, 0.05) is 18.7 Å². The highest BCUT2D eigenvalue weighted by molar-refractivity contribution is 5.68. The van der Waals surface area contributed by atoms with Crippen molar-refractivity contribution in [2.45, 2.75) is 12.8 Å². The molecule has 0 saturated carbocycles. The minimum absolute atomic E-state index is 0.212. The van der Waals surface area contributed by atoms with Gasteiger partial charge in [0.25, 0.3) is 0 Å². The summed E-state index contributed by atoms with van der Waals surface area (Å²) in [4.78, 5) is 13.2. The van der Waals surface area contributed by atoms with E-state index in [0.29, 0.717) is 24.6 Å². The van der Waals surface area contributed by atoms with Crippen LogP contribution in [0.25, 0.3) is 6.08 Å². The number of carbonyl (C=O) groups is 1. The molecular formula is C16H18FNO2. The number of piperidine rings is 1. The Morgan fingerprint density at radius 2 is 2.05 bits per heavy atom. The van der Waals surface area contributed by atoms with E-state index in [0.717, 1.165) is 19.1 Å². The average Bonchev–Trinajstić information content (AvgIpc) is 2.47. The molecule has 4 heteroatoms. The summed E-state index contributed by atoms with van der Waals surface area (Å²) in [5.74, 6) is 0.151. The van der Waals surface area contributed by atoms with Crippen molar-refractivity contribution in [3.05, 3.63) is 54.6 Å².